The minimum Gasteiger partial charge on any atom is -0.378 e. The van der Waals surface area contributed by atoms with Crippen molar-refractivity contribution in [1.29, 1.82) is 0 Å². The summed E-state index contributed by atoms with van der Waals surface area (Å²) >= 11 is 1.27. The molecule has 1 aromatic heterocycles. The Morgan fingerprint density at radius 2 is 1.61 bits per heavy atom. The lowest BCUT2D eigenvalue weighted by atomic mass is 10.2. The molecule has 2 aromatic carbocycles. The van der Waals surface area contributed by atoms with Gasteiger partial charge in [0.05, 0.1) is 12.1 Å². The van der Waals surface area contributed by atoms with Crippen LogP contribution in [0.2, 0.25) is 0 Å². The number of para-hydroxylation sites is 1. The number of thiazole rings is 1. The first kappa shape index (κ1) is 19.4. The molecule has 0 aliphatic rings. The highest BCUT2D eigenvalue weighted by atomic mass is 32.1. The molecule has 28 heavy (non-hydrogen) atoms. The zero-order valence-corrected chi connectivity index (χ0v) is 16.4. The van der Waals surface area contributed by atoms with Crippen molar-refractivity contribution in [2.75, 3.05) is 34.9 Å². The third kappa shape index (κ3) is 5.55. The Bertz CT molecular complexity index is 939. The summed E-state index contributed by atoms with van der Waals surface area (Å²) in [5.41, 5.74) is 3.08. The fourth-order valence-corrected chi connectivity index (χ4v) is 3.14. The third-order valence-corrected chi connectivity index (χ3v) is 4.62. The van der Waals surface area contributed by atoms with E-state index in [4.69, 9.17) is 0 Å². The number of carbonyl (C=O) groups excluding carboxylic acids is 2. The van der Waals surface area contributed by atoms with Gasteiger partial charge in [0.2, 0.25) is 5.91 Å². The summed E-state index contributed by atoms with van der Waals surface area (Å²) in [6.07, 6.45) is 0.133. The molecule has 8 heteroatoms. The van der Waals surface area contributed by atoms with E-state index in [1.165, 1.54) is 11.3 Å². The normalized spacial score (nSPS) is 10.2. The maximum Gasteiger partial charge on any atom is 0.325 e. The first-order valence-corrected chi connectivity index (χ1v) is 9.52. The molecular weight excluding hydrogens is 374 g/mol. The Balaban J connectivity index is 1.50. The zero-order chi connectivity index (χ0) is 19.9. The van der Waals surface area contributed by atoms with E-state index in [0.717, 1.165) is 11.4 Å². The highest BCUT2D eigenvalue weighted by molar-refractivity contribution is 7.14. The SMILES string of the molecule is CN(C)c1ccc(NC(=O)Cc2csc(NC(=O)Nc3ccccc3)n2)cc1. The predicted molar refractivity (Wildman–Crippen MR) is 114 cm³/mol. The molecule has 0 unspecified atom stereocenters. The topological polar surface area (TPSA) is 86.4 Å². The van der Waals surface area contributed by atoms with Crippen molar-refractivity contribution in [2.24, 2.45) is 0 Å². The average Bonchev–Trinajstić information content (AvgIpc) is 3.09. The smallest absolute Gasteiger partial charge is 0.325 e. The monoisotopic (exact) mass is 395 g/mol. The van der Waals surface area contributed by atoms with Crippen molar-refractivity contribution in [2.45, 2.75) is 6.42 Å². The van der Waals surface area contributed by atoms with E-state index in [1.54, 1.807) is 17.5 Å². The van der Waals surface area contributed by atoms with Crippen molar-refractivity contribution >= 4 is 45.5 Å². The van der Waals surface area contributed by atoms with Crippen molar-refractivity contribution < 1.29 is 9.59 Å². The molecule has 3 N–H and O–H groups in total. The molecule has 0 aliphatic carbocycles. The standard InChI is InChI=1S/C20H21N5O2S/c1-25(2)17-10-8-15(9-11-17)21-18(26)12-16-13-28-20(23-16)24-19(27)22-14-6-4-3-5-7-14/h3-11,13H,12H2,1-2H3,(H,21,26)(H2,22,23,24,27). The van der Waals surface area contributed by atoms with E-state index in [9.17, 15) is 9.59 Å². The van der Waals surface area contributed by atoms with Crippen LogP contribution in [0.3, 0.4) is 0 Å². The summed E-state index contributed by atoms with van der Waals surface area (Å²) < 4.78 is 0. The fraction of sp³-hybridized carbons (Fsp3) is 0.150. The minimum atomic E-state index is -0.377. The van der Waals surface area contributed by atoms with Crippen LogP contribution in [0.25, 0.3) is 0 Å². The first-order valence-electron chi connectivity index (χ1n) is 8.64. The number of aromatic nitrogens is 1. The molecule has 3 aromatic rings. The van der Waals surface area contributed by atoms with Crippen LogP contribution < -0.4 is 20.9 Å². The Hall–Kier alpha value is -3.39. The summed E-state index contributed by atoms with van der Waals surface area (Å²) in [6.45, 7) is 0. The van der Waals surface area contributed by atoms with Crippen molar-refractivity contribution in [3.05, 3.63) is 65.7 Å². The van der Waals surface area contributed by atoms with Crippen LogP contribution in [0.1, 0.15) is 5.69 Å². The number of nitrogens with one attached hydrogen (secondary N) is 3. The lowest BCUT2D eigenvalue weighted by Crippen LogP contribution is -2.19. The predicted octanol–water partition coefficient (Wildman–Crippen LogP) is 4.03. The van der Waals surface area contributed by atoms with Gasteiger partial charge in [0.25, 0.3) is 0 Å². The molecular formula is C20H21N5O2S. The van der Waals surface area contributed by atoms with Crippen LogP contribution in [0.4, 0.5) is 27.0 Å². The number of nitrogens with zero attached hydrogens (tertiary/aromatic N) is 2. The van der Waals surface area contributed by atoms with Gasteiger partial charge in [0.1, 0.15) is 0 Å². The number of anilines is 4. The molecule has 144 valence electrons. The van der Waals surface area contributed by atoms with Crippen LogP contribution in [0.15, 0.2) is 60.0 Å². The average molecular weight is 395 g/mol. The van der Waals surface area contributed by atoms with Crippen molar-refractivity contribution in [1.82, 2.24) is 4.98 Å². The number of amides is 3. The van der Waals surface area contributed by atoms with Gasteiger partial charge in [-0.1, -0.05) is 18.2 Å². The molecule has 0 bridgehead atoms. The number of benzene rings is 2. The van der Waals surface area contributed by atoms with Gasteiger partial charge in [0, 0.05) is 36.5 Å². The van der Waals surface area contributed by atoms with E-state index in [1.807, 2.05) is 61.5 Å². The van der Waals surface area contributed by atoms with Crippen LogP contribution in [0, 0.1) is 0 Å². The van der Waals surface area contributed by atoms with Crippen LogP contribution in [-0.2, 0) is 11.2 Å². The Labute approximate surface area is 167 Å². The number of hydrogen-bond acceptors (Lipinski definition) is 5. The molecule has 0 fully saturated rings. The fourth-order valence-electron chi connectivity index (χ4n) is 2.44. The second-order valence-corrected chi connectivity index (χ2v) is 7.11. The molecule has 0 saturated heterocycles. The Morgan fingerprint density at radius 1 is 0.929 bits per heavy atom. The molecule has 0 radical (unpaired) electrons. The summed E-state index contributed by atoms with van der Waals surface area (Å²) in [5, 5.41) is 10.4. The van der Waals surface area contributed by atoms with E-state index < -0.39 is 0 Å². The second kappa shape index (κ2) is 9.01. The van der Waals surface area contributed by atoms with E-state index in [2.05, 4.69) is 20.9 Å². The third-order valence-electron chi connectivity index (χ3n) is 3.81. The minimum absolute atomic E-state index is 0.133. The number of rotatable bonds is 6. The summed E-state index contributed by atoms with van der Waals surface area (Å²) in [7, 11) is 3.92. The van der Waals surface area contributed by atoms with Gasteiger partial charge in [-0.15, -0.1) is 11.3 Å². The number of hydrogen-bond donors (Lipinski definition) is 3. The zero-order valence-electron chi connectivity index (χ0n) is 15.6. The Morgan fingerprint density at radius 3 is 2.29 bits per heavy atom. The van der Waals surface area contributed by atoms with Gasteiger partial charge < -0.3 is 15.5 Å². The van der Waals surface area contributed by atoms with Gasteiger partial charge >= 0.3 is 6.03 Å². The molecule has 0 spiro atoms. The molecule has 0 saturated carbocycles. The molecule has 0 aliphatic heterocycles. The lowest BCUT2D eigenvalue weighted by Gasteiger charge is -2.12. The van der Waals surface area contributed by atoms with Crippen LogP contribution in [0.5, 0.6) is 0 Å². The van der Waals surface area contributed by atoms with Gasteiger partial charge in [-0.25, -0.2) is 9.78 Å². The summed E-state index contributed by atoms with van der Waals surface area (Å²) in [6, 6.07) is 16.3. The van der Waals surface area contributed by atoms with Crippen molar-refractivity contribution in [3.8, 4) is 0 Å². The van der Waals surface area contributed by atoms with Gasteiger partial charge in [-0.05, 0) is 36.4 Å². The van der Waals surface area contributed by atoms with Gasteiger partial charge in [0.15, 0.2) is 5.13 Å². The Kier molecular flexibility index (Phi) is 6.23. The molecule has 3 amide bonds. The van der Waals surface area contributed by atoms with E-state index >= 15 is 0 Å². The first-order chi connectivity index (χ1) is 13.5. The maximum atomic E-state index is 12.2. The molecule has 0 atom stereocenters. The molecule has 1 heterocycles. The second-order valence-electron chi connectivity index (χ2n) is 6.26. The van der Waals surface area contributed by atoms with E-state index in [0.29, 0.717) is 16.5 Å². The lowest BCUT2D eigenvalue weighted by molar-refractivity contribution is -0.115. The van der Waals surface area contributed by atoms with Crippen LogP contribution >= 0.6 is 11.3 Å². The molecule has 7 nitrogen and oxygen atoms in total. The van der Waals surface area contributed by atoms with Crippen molar-refractivity contribution in [3.63, 3.8) is 0 Å². The highest BCUT2D eigenvalue weighted by Crippen LogP contribution is 2.18. The largest absolute Gasteiger partial charge is 0.378 e. The van der Waals surface area contributed by atoms with Gasteiger partial charge in [-0.3, -0.25) is 10.1 Å². The number of carbonyl (C=O) groups is 2. The maximum absolute atomic E-state index is 12.2. The number of urea groups is 1. The summed E-state index contributed by atoms with van der Waals surface area (Å²) in [5.74, 6) is -0.164. The van der Waals surface area contributed by atoms with Gasteiger partial charge in [-0.2, -0.15) is 0 Å². The summed E-state index contributed by atoms with van der Waals surface area (Å²) in [4.78, 5) is 30.5. The molecule has 3 rings (SSSR count). The van der Waals surface area contributed by atoms with Crippen LogP contribution in [-0.4, -0.2) is 31.0 Å². The van der Waals surface area contributed by atoms with E-state index in [-0.39, 0.29) is 18.4 Å². The quantitative estimate of drug-likeness (QED) is 0.588. The highest BCUT2D eigenvalue weighted by Gasteiger charge is 2.10.